The van der Waals surface area contributed by atoms with Crippen LogP contribution in [-0.2, 0) is 4.79 Å². The van der Waals surface area contributed by atoms with E-state index in [4.69, 9.17) is 5.73 Å². The minimum absolute atomic E-state index is 0.105. The van der Waals surface area contributed by atoms with Crippen molar-refractivity contribution in [3.63, 3.8) is 0 Å². The molecule has 0 aromatic heterocycles. The van der Waals surface area contributed by atoms with Gasteiger partial charge in [-0.25, -0.2) is 8.78 Å². The summed E-state index contributed by atoms with van der Waals surface area (Å²) < 4.78 is 26.6. The number of nitrogens with one attached hydrogen (secondary N) is 1. The number of nitrogens with two attached hydrogens (primary N) is 1. The van der Waals surface area contributed by atoms with E-state index in [-0.39, 0.29) is 23.4 Å². The highest BCUT2D eigenvalue weighted by atomic mass is 19.2. The number of carbonyl (C=O) groups is 1. The van der Waals surface area contributed by atoms with Crippen molar-refractivity contribution >= 4 is 11.6 Å². The van der Waals surface area contributed by atoms with Crippen molar-refractivity contribution in [2.24, 2.45) is 17.6 Å². The fraction of sp³-hybridized carbons (Fsp3) is 0.500. The van der Waals surface area contributed by atoms with Crippen molar-refractivity contribution in [3.8, 4) is 0 Å². The van der Waals surface area contributed by atoms with E-state index in [1.54, 1.807) is 0 Å². The van der Waals surface area contributed by atoms with Crippen molar-refractivity contribution in [3.05, 3.63) is 29.8 Å². The van der Waals surface area contributed by atoms with Gasteiger partial charge in [0, 0.05) is 5.92 Å². The van der Waals surface area contributed by atoms with Crippen LogP contribution in [0.5, 0.6) is 0 Å². The molecule has 1 aliphatic rings. The molecule has 0 bridgehead atoms. The summed E-state index contributed by atoms with van der Waals surface area (Å²) in [6, 6.07) is 3.75. The summed E-state index contributed by atoms with van der Waals surface area (Å²) in [5, 5.41) is 2.48. The van der Waals surface area contributed by atoms with Crippen LogP contribution in [0.15, 0.2) is 18.2 Å². The normalized spacial score (nSPS) is 23.1. The van der Waals surface area contributed by atoms with Crippen molar-refractivity contribution in [2.75, 3.05) is 11.9 Å². The second kappa shape index (κ2) is 6.10. The molecular weight excluding hydrogens is 250 g/mol. The van der Waals surface area contributed by atoms with E-state index in [2.05, 4.69) is 5.32 Å². The quantitative estimate of drug-likeness (QED) is 0.885. The molecule has 1 saturated carbocycles. The SMILES string of the molecule is NCC1CCCCC1C(=O)Nc1cccc(F)c1F. The lowest BCUT2D eigenvalue weighted by Crippen LogP contribution is -2.35. The van der Waals surface area contributed by atoms with Gasteiger partial charge in [-0.05, 0) is 37.4 Å². The zero-order chi connectivity index (χ0) is 13.8. The van der Waals surface area contributed by atoms with Crippen molar-refractivity contribution in [1.29, 1.82) is 0 Å². The molecule has 0 heterocycles. The zero-order valence-electron chi connectivity index (χ0n) is 10.7. The van der Waals surface area contributed by atoms with Gasteiger partial charge in [0.15, 0.2) is 11.6 Å². The van der Waals surface area contributed by atoms with Crippen molar-refractivity contribution in [1.82, 2.24) is 0 Å². The summed E-state index contributed by atoms with van der Waals surface area (Å²) in [5.41, 5.74) is 5.56. The third kappa shape index (κ3) is 3.10. The second-order valence-electron chi connectivity index (χ2n) is 4.98. The standard InChI is InChI=1S/C14H18F2N2O/c15-11-6-3-7-12(13(11)16)18-14(19)10-5-2-1-4-9(10)8-17/h3,6-7,9-10H,1-2,4-5,8,17H2,(H,18,19). The monoisotopic (exact) mass is 268 g/mol. The number of amides is 1. The van der Waals surface area contributed by atoms with Crippen LogP contribution in [0, 0.1) is 23.5 Å². The summed E-state index contributed by atoms with van der Waals surface area (Å²) in [6.45, 7) is 0.448. The number of anilines is 1. The molecule has 2 unspecified atom stereocenters. The molecule has 1 fully saturated rings. The molecule has 1 amide bonds. The molecule has 104 valence electrons. The Bertz CT molecular complexity index is 465. The predicted molar refractivity (Wildman–Crippen MR) is 69.5 cm³/mol. The number of carbonyl (C=O) groups excluding carboxylic acids is 1. The Morgan fingerprint density at radius 3 is 2.79 bits per heavy atom. The highest BCUT2D eigenvalue weighted by Crippen LogP contribution is 2.30. The van der Waals surface area contributed by atoms with Gasteiger partial charge in [0.05, 0.1) is 5.69 Å². The fourth-order valence-corrected chi connectivity index (χ4v) is 2.66. The maximum absolute atomic E-state index is 13.5. The molecule has 0 radical (unpaired) electrons. The second-order valence-corrected chi connectivity index (χ2v) is 4.98. The zero-order valence-corrected chi connectivity index (χ0v) is 10.7. The summed E-state index contributed by atoms with van der Waals surface area (Å²) in [5.74, 6) is -2.32. The molecule has 2 rings (SSSR count). The summed E-state index contributed by atoms with van der Waals surface area (Å²) in [7, 11) is 0. The molecule has 0 spiro atoms. The van der Waals surface area contributed by atoms with Gasteiger partial charge in [-0.1, -0.05) is 18.9 Å². The summed E-state index contributed by atoms with van der Waals surface area (Å²) in [6.07, 6.45) is 3.71. The molecular formula is C14H18F2N2O. The Morgan fingerprint density at radius 2 is 2.05 bits per heavy atom. The van der Waals surface area contributed by atoms with E-state index in [1.807, 2.05) is 0 Å². The van der Waals surface area contributed by atoms with E-state index in [9.17, 15) is 13.6 Å². The van der Waals surface area contributed by atoms with Crippen LogP contribution in [0.3, 0.4) is 0 Å². The molecule has 3 N–H and O–H groups in total. The largest absolute Gasteiger partial charge is 0.330 e. The minimum atomic E-state index is -1.02. The van der Waals surface area contributed by atoms with Gasteiger partial charge >= 0.3 is 0 Å². The third-order valence-electron chi connectivity index (χ3n) is 3.76. The lowest BCUT2D eigenvalue weighted by molar-refractivity contribution is -0.122. The van der Waals surface area contributed by atoms with Gasteiger partial charge in [-0.2, -0.15) is 0 Å². The molecule has 3 nitrogen and oxygen atoms in total. The summed E-state index contributed by atoms with van der Waals surface area (Å²) >= 11 is 0. The Morgan fingerprint density at radius 1 is 1.32 bits per heavy atom. The first-order valence-corrected chi connectivity index (χ1v) is 6.58. The lowest BCUT2D eigenvalue weighted by atomic mass is 9.78. The van der Waals surface area contributed by atoms with Crippen LogP contribution in [-0.4, -0.2) is 12.5 Å². The topological polar surface area (TPSA) is 55.1 Å². The highest BCUT2D eigenvalue weighted by molar-refractivity contribution is 5.92. The van der Waals surface area contributed by atoms with Crippen LogP contribution in [0.1, 0.15) is 25.7 Å². The van der Waals surface area contributed by atoms with Gasteiger partial charge in [0.2, 0.25) is 5.91 Å². The molecule has 1 aromatic carbocycles. The molecule has 19 heavy (non-hydrogen) atoms. The van der Waals surface area contributed by atoms with Crippen molar-refractivity contribution in [2.45, 2.75) is 25.7 Å². The van der Waals surface area contributed by atoms with Gasteiger partial charge in [-0.15, -0.1) is 0 Å². The predicted octanol–water partition coefficient (Wildman–Crippen LogP) is 2.67. The van der Waals surface area contributed by atoms with Crippen LogP contribution in [0.2, 0.25) is 0 Å². The minimum Gasteiger partial charge on any atom is -0.330 e. The van der Waals surface area contributed by atoms with E-state index < -0.39 is 11.6 Å². The maximum Gasteiger partial charge on any atom is 0.227 e. The fourth-order valence-electron chi connectivity index (χ4n) is 2.66. The smallest absolute Gasteiger partial charge is 0.227 e. The van der Waals surface area contributed by atoms with E-state index in [1.165, 1.54) is 12.1 Å². The number of benzene rings is 1. The van der Waals surface area contributed by atoms with Gasteiger partial charge in [0.1, 0.15) is 0 Å². The molecule has 0 saturated heterocycles. The van der Waals surface area contributed by atoms with E-state index >= 15 is 0 Å². The van der Waals surface area contributed by atoms with Crippen LogP contribution >= 0.6 is 0 Å². The molecule has 1 aliphatic carbocycles. The van der Waals surface area contributed by atoms with Crippen LogP contribution in [0.4, 0.5) is 14.5 Å². The third-order valence-corrected chi connectivity index (χ3v) is 3.76. The number of rotatable bonds is 3. The number of hydrogen-bond donors (Lipinski definition) is 2. The van der Waals surface area contributed by atoms with Crippen molar-refractivity contribution < 1.29 is 13.6 Å². The van der Waals surface area contributed by atoms with Crippen LogP contribution < -0.4 is 11.1 Å². The average molecular weight is 268 g/mol. The molecule has 1 aromatic rings. The Labute approximate surface area is 111 Å². The molecule has 0 aliphatic heterocycles. The Hall–Kier alpha value is -1.49. The first-order chi connectivity index (χ1) is 9.13. The lowest BCUT2D eigenvalue weighted by Gasteiger charge is -2.29. The molecule has 5 heteroatoms. The average Bonchev–Trinajstić information content (AvgIpc) is 2.43. The Balaban J connectivity index is 2.09. The van der Waals surface area contributed by atoms with Gasteiger partial charge in [-0.3, -0.25) is 4.79 Å². The first-order valence-electron chi connectivity index (χ1n) is 6.58. The van der Waals surface area contributed by atoms with E-state index in [0.717, 1.165) is 31.7 Å². The number of hydrogen-bond acceptors (Lipinski definition) is 2. The summed E-state index contributed by atoms with van der Waals surface area (Å²) in [4.78, 5) is 12.1. The highest BCUT2D eigenvalue weighted by Gasteiger charge is 2.30. The van der Waals surface area contributed by atoms with Gasteiger partial charge in [0.25, 0.3) is 0 Å². The first kappa shape index (κ1) is 13.9. The molecule has 2 atom stereocenters. The Kier molecular flexibility index (Phi) is 4.47. The van der Waals surface area contributed by atoms with E-state index in [0.29, 0.717) is 6.54 Å². The number of halogens is 2. The maximum atomic E-state index is 13.5. The van der Waals surface area contributed by atoms with Crippen LogP contribution in [0.25, 0.3) is 0 Å². The van der Waals surface area contributed by atoms with Gasteiger partial charge < -0.3 is 11.1 Å².